The van der Waals surface area contributed by atoms with Crippen LogP contribution in [0.3, 0.4) is 0 Å². The molecular formula is C26H32N2O5. The molecule has 2 atom stereocenters. The summed E-state index contributed by atoms with van der Waals surface area (Å²) in [5.74, 6) is -1.73. The van der Waals surface area contributed by atoms with Crippen molar-refractivity contribution in [3.8, 4) is 11.1 Å². The van der Waals surface area contributed by atoms with E-state index in [9.17, 15) is 19.5 Å². The van der Waals surface area contributed by atoms with Crippen molar-refractivity contribution < 1.29 is 24.2 Å². The summed E-state index contributed by atoms with van der Waals surface area (Å²) in [6.07, 6.45) is 0.203. The molecule has 0 radical (unpaired) electrons. The highest BCUT2D eigenvalue weighted by molar-refractivity contribution is 5.90. The average Bonchev–Trinajstić information content (AvgIpc) is 3.08. The summed E-state index contributed by atoms with van der Waals surface area (Å²) in [4.78, 5) is 37.0. The van der Waals surface area contributed by atoms with Crippen LogP contribution in [0.4, 0.5) is 4.79 Å². The summed E-state index contributed by atoms with van der Waals surface area (Å²) in [6, 6.07) is 14.1. The zero-order chi connectivity index (χ0) is 24.2. The normalized spacial score (nSPS) is 14.5. The highest BCUT2D eigenvalue weighted by Crippen LogP contribution is 2.44. The molecule has 0 fully saturated rings. The maximum absolute atomic E-state index is 12.9. The molecule has 0 saturated carbocycles. The third-order valence-electron chi connectivity index (χ3n) is 5.93. The van der Waals surface area contributed by atoms with Crippen LogP contribution in [0.25, 0.3) is 11.1 Å². The molecule has 7 nitrogen and oxygen atoms in total. The van der Waals surface area contributed by atoms with E-state index in [-0.39, 0.29) is 12.5 Å². The van der Waals surface area contributed by atoms with Gasteiger partial charge in [0.1, 0.15) is 18.7 Å². The number of carbonyl (C=O) groups excluding carboxylic acids is 2. The molecule has 0 aliphatic heterocycles. The molecule has 176 valence electrons. The number of carboxylic acids is 1. The van der Waals surface area contributed by atoms with Crippen molar-refractivity contribution in [1.29, 1.82) is 0 Å². The Hall–Kier alpha value is -3.35. The summed E-state index contributed by atoms with van der Waals surface area (Å²) in [6.45, 7) is 7.38. The van der Waals surface area contributed by atoms with Crippen molar-refractivity contribution in [2.24, 2.45) is 5.41 Å². The summed E-state index contributed by atoms with van der Waals surface area (Å²) in [5.41, 5.74) is 3.81. The minimum absolute atomic E-state index is 0.0917. The number of benzene rings is 2. The van der Waals surface area contributed by atoms with Gasteiger partial charge in [0.05, 0.1) is 0 Å². The Morgan fingerprint density at radius 3 is 2.00 bits per heavy atom. The molecule has 0 heterocycles. The summed E-state index contributed by atoms with van der Waals surface area (Å²) in [5, 5.41) is 14.6. The van der Waals surface area contributed by atoms with E-state index in [2.05, 4.69) is 22.8 Å². The third kappa shape index (κ3) is 5.53. The molecule has 1 aliphatic carbocycles. The number of fused-ring (bicyclic) bond motifs is 3. The van der Waals surface area contributed by atoms with Gasteiger partial charge in [0.15, 0.2) is 0 Å². The van der Waals surface area contributed by atoms with Crippen molar-refractivity contribution in [2.45, 2.75) is 58.5 Å². The second kappa shape index (κ2) is 10.1. The fraction of sp³-hybridized carbons (Fsp3) is 0.423. The highest BCUT2D eigenvalue weighted by atomic mass is 16.5. The number of amides is 2. The van der Waals surface area contributed by atoms with Crippen LogP contribution in [0.15, 0.2) is 48.5 Å². The van der Waals surface area contributed by atoms with Gasteiger partial charge in [0.2, 0.25) is 5.91 Å². The third-order valence-corrected chi connectivity index (χ3v) is 5.93. The molecule has 0 aromatic heterocycles. The molecular weight excluding hydrogens is 420 g/mol. The Bertz CT molecular complexity index is 982. The van der Waals surface area contributed by atoms with Crippen molar-refractivity contribution >= 4 is 18.0 Å². The average molecular weight is 453 g/mol. The second-order valence-corrected chi connectivity index (χ2v) is 9.46. The Kier molecular flexibility index (Phi) is 7.41. The lowest BCUT2D eigenvalue weighted by Crippen LogP contribution is -2.56. The van der Waals surface area contributed by atoms with Crippen LogP contribution in [-0.2, 0) is 14.3 Å². The number of nitrogens with one attached hydrogen (secondary N) is 2. The van der Waals surface area contributed by atoms with Gasteiger partial charge in [-0.1, -0.05) is 82.6 Å². The number of aliphatic carboxylic acids is 1. The molecule has 1 aliphatic rings. The highest BCUT2D eigenvalue weighted by Gasteiger charge is 2.36. The van der Waals surface area contributed by atoms with Gasteiger partial charge in [-0.25, -0.2) is 9.59 Å². The fourth-order valence-corrected chi connectivity index (χ4v) is 4.23. The largest absolute Gasteiger partial charge is 0.480 e. The molecule has 2 aromatic carbocycles. The minimum Gasteiger partial charge on any atom is -0.480 e. The minimum atomic E-state index is -1.10. The Balaban J connectivity index is 1.69. The van der Waals surface area contributed by atoms with E-state index >= 15 is 0 Å². The quantitative estimate of drug-likeness (QED) is 0.554. The van der Waals surface area contributed by atoms with Gasteiger partial charge in [-0.15, -0.1) is 0 Å². The van der Waals surface area contributed by atoms with Crippen LogP contribution in [0.1, 0.15) is 57.6 Å². The van der Waals surface area contributed by atoms with Crippen molar-refractivity contribution in [1.82, 2.24) is 10.6 Å². The van der Waals surface area contributed by atoms with Gasteiger partial charge < -0.3 is 20.5 Å². The molecule has 2 aromatic rings. The van der Waals surface area contributed by atoms with Crippen molar-refractivity contribution in [3.05, 3.63) is 59.7 Å². The Morgan fingerprint density at radius 1 is 0.970 bits per heavy atom. The lowest BCUT2D eigenvalue weighted by atomic mass is 9.86. The van der Waals surface area contributed by atoms with E-state index < -0.39 is 35.5 Å². The standard InChI is InChI=1S/C26H32N2O5/c1-5-10-21(24(30)31)27-23(29)22(26(2,3)4)28-25(32)33-15-20-18-13-8-6-11-16(18)17-12-7-9-14-19(17)20/h6-9,11-14,20-22H,5,10,15H2,1-4H3,(H,27,29)(H,28,32)(H,30,31)/t21-,22?/m1/s1. The van der Waals surface area contributed by atoms with Crippen molar-refractivity contribution in [3.63, 3.8) is 0 Å². The first-order valence-electron chi connectivity index (χ1n) is 11.3. The first-order valence-corrected chi connectivity index (χ1v) is 11.3. The van der Waals surface area contributed by atoms with E-state index in [0.717, 1.165) is 22.3 Å². The van der Waals surface area contributed by atoms with Crippen LogP contribution in [0, 0.1) is 5.41 Å². The zero-order valence-corrected chi connectivity index (χ0v) is 19.6. The van der Waals surface area contributed by atoms with Crippen LogP contribution in [-0.4, -0.2) is 41.8 Å². The molecule has 3 N–H and O–H groups in total. The first kappa shape index (κ1) is 24.3. The molecule has 0 spiro atoms. The van der Waals surface area contributed by atoms with E-state index in [1.54, 1.807) is 20.8 Å². The summed E-state index contributed by atoms with van der Waals surface area (Å²) < 4.78 is 5.57. The van der Waals surface area contributed by atoms with E-state index in [4.69, 9.17) is 4.74 Å². The van der Waals surface area contributed by atoms with Crippen LogP contribution in [0.5, 0.6) is 0 Å². The van der Waals surface area contributed by atoms with Gasteiger partial charge in [-0.2, -0.15) is 0 Å². The number of hydrogen-bond acceptors (Lipinski definition) is 4. The lowest BCUT2D eigenvalue weighted by molar-refractivity contribution is -0.142. The molecule has 0 bridgehead atoms. The van der Waals surface area contributed by atoms with Gasteiger partial charge in [0, 0.05) is 5.92 Å². The summed E-state index contributed by atoms with van der Waals surface area (Å²) in [7, 11) is 0. The Morgan fingerprint density at radius 2 is 1.52 bits per heavy atom. The van der Waals surface area contributed by atoms with Gasteiger partial charge >= 0.3 is 12.1 Å². The monoisotopic (exact) mass is 452 g/mol. The lowest BCUT2D eigenvalue weighted by Gasteiger charge is -2.31. The summed E-state index contributed by atoms with van der Waals surface area (Å²) >= 11 is 0. The topological polar surface area (TPSA) is 105 Å². The molecule has 1 unspecified atom stereocenters. The van der Waals surface area contributed by atoms with Crippen LogP contribution in [0.2, 0.25) is 0 Å². The van der Waals surface area contributed by atoms with Crippen molar-refractivity contribution in [2.75, 3.05) is 6.61 Å². The predicted molar refractivity (Wildman–Crippen MR) is 126 cm³/mol. The zero-order valence-electron chi connectivity index (χ0n) is 19.6. The first-order chi connectivity index (χ1) is 15.6. The van der Waals surface area contributed by atoms with Gasteiger partial charge in [-0.05, 0) is 34.1 Å². The van der Waals surface area contributed by atoms with E-state index in [1.807, 2.05) is 43.3 Å². The molecule has 2 amide bonds. The van der Waals surface area contributed by atoms with Gasteiger partial charge in [-0.3, -0.25) is 4.79 Å². The van der Waals surface area contributed by atoms with Crippen LogP contribution >= 0.6 is 0 Å². The van der Waals surface area contributed by atoms with E-state index in [1.165, 1.54) is 0 Å². The second-order valence-electron chi connectivity index (χ2n) is 9.46. The molecule has 33 heavy (non-hydrogen) atoms. The number of ether oxygens (including phenoxy) is 1. The smallest absolute Gasteiger partial charge is 0.407 e. The number of rotatable bonds is 8. The fourth-order valence-electron chi connectivity index (χ4n) is 4.23. The number of alkyl carbamates (subject to hydrolysis) is 1. The molecule has 3 rings (SSSR count). The number of carbonyl (C=O) groups is 3. The predicted octanol–water partition coefficient (Wildman–Crippen LogP) is 4.31. The molecule has 0 saturated heterocycles. The molecule has 7 heteroatoms. The maximum atomic E-state index is 12.9. The van der Waals surface area contributed by atoms with E-state index in [0.29, 0.717) is 12.8 Å². The number of hydrogen-bond donors (Lipinski definition) is 3. The maximum Gasteiger partial charge on any atom is 0.407 e. The van der Waals surface area contributed by atoms with Gasteiger partial charge in [0.25, 0.3) is 0 Å². The van der Waals surface area contributed by atoms with Crippen LogP contribution < -0.4 is 10.6 Å². The SMILES string of the molecule is CCC[C@@H](NC(=O)C(NC(=O)OCC1c2ccccc2-c2ccccc21)C(C)(C)C)C(=O)O. The Labute approximate surface area is 194 Å². The number of carboxylic acid groups (broad SMARTS) is 1.